The summed E-state index contributed by atoms with van der Waals surface area (Å²) in [6.45, 7) is 0. The third-order valence-corrected chi connectivity index (χ3v) is 5.54. The van der Waals surface area contributed by atoms with Crippen molar-refractivity contribution < 1.29 is 23.5 Å². The van der Waals surface area contributed by atoms with Crippen LogP contribution in [-0.4, -0.2) is 28.4 Å². The number of aromatic nitrogens is 2. The van der Waals surface area contributed by atoms with Gasteiger partial charge in [-0.25, -0.2) is 4.79 Å². The number of carboxylic acids is 1. The lowest BCUT2D eigenvalue weighted by atomic mass is 10.2. The van der Waals surface area contributed by atoms with Crippen molar-refractivity contribution >= 4 is 47.0 Å². The van der Waals surface area contributed by atoms with E-state index >= 15 is 0 Å². The molecule has 32 heavy (non-hydrogen) atoms. The minimum Gasteiger partial charge on any atom is -0.496 e. The van der Waals surface area contributed by atoms with E-state index in [0.29, 0.717) is 32.9 Å². The Hall–Kier alpha value is -3.20. The molecule has 0 amide bonds. The molecule has 10 heteroatoms. The summed E-state index contributed by atoms with van der Waals surface area (Å²) >= 11 is 12.9. The molecule has 2 aromatic heterocycles. The first kappa shape index (κ1) is 22.0. The maximum absolute atomic E-state index is 11.8. The Morgan fingerprint density at radius 2 is 1.88 bits per heavy atom. The number of nitrogens with zero attached hydrogens (tertiary/aromatic N) is 2. The van der Waals surface area contributed by atoms with E-state index in [-0.39, 0.29) is 16.0 Å². The number of ether oxygens (including phenoxy) is 1. The van der Waals surface area contributed by atoms with Gasteiger partial charge in [0.1, 0.15) is 22.2 Å². The summed E-state index contributed by atoms with van der Waals surface area (Å²) in [5, 5.41) is 18.6. The van der Waals surface area contributed by atoms with Gasteiger partial charge in [0.15, 0.2) is 0 Å². The Morgan fingerprint density at radius 1 is 1.06 bits per heavy atom. The largest absolute Gasteiger partial charge is 0.496 e. The number of hydrogen-bond donors (Lipinski definition) is 1. The molecule has 0 radical (unpaired) electrons. The molecule has 0 aliphatic heterocycles. The van der Waals surface area contributed by atoms with Crippen molar-refractivity contribution in [2.45, 2.75) is 5.22 Å². The van der Waals surface area contributed by atoms with Crippen molar-refractivity contribution in [2.24, 2.45) is 0 Å². The molecule has 0 spiro atoms. The Balaban J connectivity index is 1.59. The molecule has 0 fully saturated rings. The monoisotopic (exact) mass is 488 g/mol. The molecule has 0 unspecified atom stereocenters. The van der Waals surface area contributed by atoms with Gasteiger partial charge in [-0.15, -0.1) is 10.2 Å². The van der Waals surface area contributed by atoms with Crippen LogP contribution in [-0.2, 0) is 4.79 Å². The molecule has 2 heterocycles. The summed E-state index contributed by atoms with van der Waals surface area (Å²) in [6, 6.07) is 15.5. The fraction of sp³-hybridized carbons (Fsp3) is 0.0455. The molecule has 0 atom stereocenters. The summed E-state index contributed by atoms with van der Waals surface area (Å²) in [4.78, 5) is 11.7. The van der Waals surface area contributed by atoms with Crippen LogP contribution in [0.15, 0.2) is 73.6 Å². The molecule has 162 valence electrons. The minimum atomic E-state index is -1.17. The van der Waals surface area contributed by atoms with E-state index in [0.717, 1.165) is 17.3 Å². The van der Waals surface area contributed by atoms with E-state index in [2.05, 4.69) is 10.2 Å². The molecule has 4 rings (SSSR count). The molecule has 0 bridgehead atoms. The Labute approximate surface area is 196 Å². The third-order valence-electron chi connectivity index (χ3n) is 4.22. The van der Waals surface area contributed by atoms with Gasteiger partial charge in [-0.05, 0) is 54.2 Å². The molecule has 0 aliphatic rings. The number of hydrogen-bond acceptors (Lipinski definition) is 7. The van der Waals surface area contributed by atoms with Crippen LogP contribution in [0, 0.1) is 0 Å². The highest BCUT2D eigenvalue weighted by molar-refractivity contribution is 8.03. The molecule has 0 aliphatic carbocycles. The quantitative estimate of drug-likeness (QED) is 0.231. The number of furan rings is 1. The SMILES string of the molecule is COc1ccc(Cl)cc1-c1nnc(S/C(=C\c2ccc(-c3cccc(Cl)c3)o2)C(=O)O)o1. The number of thioether (sulfide) groups is 1. The summed E-state index contributed by atoms with van der Waals surface area (Å²) in [7, 11) is 1.51. The second-order valence-electron chi connectivity index (χ2n) is 6.35. The predicted molar refractivity (Wildman–Crippen MR) is 122 cm³/mol. The van der Waals surface area contributed by atoms with Crippen LogP contribution in [0.25, 0.3) is 28.9 Å². The molecule has 0 saturated carbocycles. The number of methoxy groups -OCH3 is 1. The zero-order valence-electron chi connectivity index (χ0n) is 16.4. The van der Waals surface area contributed by atoms with Crippen LogP contribution >= 0.6 is 35.0 Å². The Bertz CT molecular complexity index is 1320. The molecule has 0 saturated heterocycles. The molecule has 2 aromatic carbocycles. The second kappa shape index (κ2) is 9.52. The average molecular weight is 489 g/mol. The number of rotatable bonds is 7. The van der Waals surface area contributed by atoms with Crippen molar-refractivity contribution in [3.8, 4) is 28.5 Å². The smallest absolute Gasteiger partial charge is 0.342 e. The fourth-order valence-corrected chi connectivity index (χ4v) is 3.81. The number of aliphatic carboxylic acids is 1. The van der Waals surface area contributed by atoms with Gasteiger partial charge in [0, 0.05) is 21.7 Å². The van der Waals surface area contributed by atoms with Crippen LogP contribution in [0.2, 0.25) is 10.0 Å². The van der Waals surface area contributed by atoms with Crippen molar-refractivity contribution in [1.29, 1.82) is 0 Å². The van der Waals surface area contributed by atoms with Crippen molar-refractivity contribution in [3.63, 3.8) is 0 Å². The zero-order valence-corrected chi connectivity index (χ0v) is 18.7. The van der Waals surface area contributed by atoms with Crippen LogP contribution in [0.5, 0.6) is 5.75 Å². The first-order chi connectivity index (χ1) is 15.4. The number of carbonyl (C=O) groups is 1. The molecule has 1 N–H and O–H groups in total. The van der Waals surface area contributed by atoms with E-state index in [9.17, 15) is 9.90 Å². The highest BCUT2D eigenvalue weighted by Gasteiger charge is 2.19. The lowest BCUT2D eigenvalue weighted by Crippen LogP contribution is -1.96. The molecule has 7 nitrogen and oxygen atoms in total. The van der Waals surface area contributed by atoms with Crippen LogP contribution in [0.1, 0.15) is 5.76 Å². The van der Waals surface area contributed by atoms with Gasteiger partial charge in [-0.3, -0.25) is 0 Å². The van der Waals surface area contributed by atoms with Gasteiger partial charge in [0.25, 0.3) is 11.1 Å². The van der Waals surface area contributed by atoms with E-state index < -0.39 is 5.97 Å². The van der Waals surface area contributed by atoms with Crippen LogP contribution in [0.3, 0.4) is 0 Å². The maximum atomic E-state index is 11.8. The summed E-state index contributed by atoms with van der Waals surface area (Å²) in [5.74, 6) is 0.379. The number of halogens is 2. The first-order valence-corrected chi connectivity index (χ1v) is 10.7. The van der Waals surface area contributed by atoms with E-state index in [1.807, 2.05) is 6.07 Å². The van der Waals surface area contributed by atoms with Crippen molar-refractivity contribution in [1.82, 2.24) is 10.2 Å². The standard InChI is InChI=1S/C22H14Cl2N2O5S/c1-29-18-7-5-14(24)10-16(18)20-25-26-22(31-20)32-19(21(27)28)11-15-6-8-17(30-15)12-3-2-4-13(23)9-12/h2-11H,1H3,(H,27,28)/b19-11-. The topological polar surface area (TPSA) is 98.6 Å². The summed E-state index contributed by atoms with van der Waals surface area (Å²) < 4.78 is 16.7. The minimum absolute atomic E-state index is 0.0392. The van der Waals surface area contributed by atoms with E-state index in [1.165, 1.54) is 13.2 Å². The lowest BCUT2D eigenvalue weighted by Gasteiger charge is -2.04. The Kier molecular flexibility index (Phi) is 6.55. The van der Waals surface area contributed by atoms with Gasteiger partial charge < -0.3 is 18.7 Å². The molecule has 4 aromatic rings. The summed E-state index contributed by atoms with van der Waals surface area (Å²) in [5.41, 5.74) is 1.27. The zero-order chi connectivity index (χ0) is 22.7. The highest BCUT2D eigenvalue weighted by Crippen LogP contribution is 2.35. The van der Waals surface area contributed by atoms with Gasteiger partial charge in [-0.2, -0.15) is 0 Å². The number of benzene rings is 2. The first-order valence-electron chi connectivity index (χ1n) is 9.09. The highest BCUT2D eigenvalue weighted by atomic mass is 35.5. The van der Waals surface area contributed by atoms with Crippen LogP contribution in [0.4, 0.5) is 0 Å². The summed E-state index contributed by atoms with van der Waals surface area (Å²) in [6.07, 6.45) is 1.38. The van der Waals surface area contributed by atoms with Gasteiger partial charge in [0.05, 0.1) is 12.7 Å². The van der Waals surface area contributed by atoms with Crippen molar-refractivity contribution in [2.75, 3.05) is 7.11 Å². The van der Waals surface area contributed by atoms with Gasteiger partial charge in [-0.1, -0.05) is 35.3 Å². The second-order valence-corrected chi connectivity index (χ2v) is 8.21. The van der Waals surface area contributed by atoms with Crippen LogP contribution < -0.4 is 4.74 Å². The molecular formula is C22H14Cl2N2O5S. The molecular weight excluding hydrogens is 475 g/mol. The predicted octanol–water partition coefficient (Wildman–Crippen LogP) is 6.53. The average Bonchev–Trinajstić information content (AvgIpc) is 3.43. The Morgan fingerprint density at radius 3 is 2.62 bits per heavy atom. The third kappa shape index (κ3) is 4.99. The maximum Gasteiger partial charge on any atom is 0.342 e. The van der Waals surface area contributed by atoms with Gasteiger partial charge >= 0.3 is 5.97 Å². The van der Waals surface area contributed by atoms with Gasteiger partial charge in [0.2, 0.25) is 0 Å². The van der Waals surface area contributed by atoms with Crippen molar-refractivity contribution in [3.05, 3.63) is 75.3 Å². The lowest BCUT2D eigenvalue weighted by molar-refractivity contribution is -0.131. The number of carboxylic acid groups (broad SMARTS) is 1. The van der Waals surface area contributed by atoms with E-state index in [1.54, 1.807) is 48.5 Å². The fourth-order valence-electron chi connectivity index (χ4n) is 2.79. The van der Waals surface area contributed by atoms with E-state index in [4.69, 9.17) is 36.8 Å². The normalized spacial score (nSPS) is 11.5.